The minimum atomic E-state index is -4.61. The van der Waals surface area contributed by atoms with Crippen LogP contribution in [0, 0.1) is 0 Å². The fraction of sp³-hybridized carbons (Fsp3) is 0.136. The van der Waals surface area contributed by atoms with Crippen molar-refractivity contribution in [1.29, 1.82) is 0 Å². The van der Waals surface area contributed by atoms with E-state index in [2.05, 4.69) is 5.32 Å². The van der Waals surface area contributed by atoms with Crippen LogP contribution in [0.1, 0.15) is 27.0 Å². The zero-order valence-corrected chi connectivity index (χ0v) is 16.1. The molecular weight excluding hydrogens is 413 g/mol. The second kappa shape index (κ2) is 9.07. The molecule has 3 rings (SSSR count). The number of ether oxygens (including phenoxy) is 1. The lowest BCUT2D eigenvalue weighted by atomic mass is 10.1. The summed E-state index contributed by atoms with van der Waals surface area (Å²) >= 11 is 0. The van der Waals surface area contributed by atoms with Gasteiger partial charge < -0.3 is 26.0 Å². The van der Waals surface area contributed by atoms with Crippen molar-refractivity contribution in [2.45, 2.75) is 19.3 Å². The summed E-state index contributed by atoms with van der Waals surface area (Å²) in [6, 6.07) is 13.7. The molecule has 6 nitrogen and oxygen atoms in total. The first-order chi connectivity index (χ1) is 14.7. The van der Waals surface area contributed by atoms with Crippen molar-refractivity contribution in [3.05, 3.63) is 82.9 Å². The molecular formula is C22H19F3N2O4. The van der Waals surface area contributed by atoms with Crippen molar-refractivity contribution < 1.29 is 32.9 Å². The van der Waals surface area contributed by atoms with Crippen LogP contribution in [-0.2, 0) is 19.3 Å². The third-order valence-corrected chi connectivity index (χ3v) is 4.49. The van der Waals surface area contributed by atoms with Crippen LogP contribution in [0.25, 0.3) is 0 Å². The molecule has 0 saturated carbocycles. The molecule has 0 bridgehead atoms. The predicted molar refractivity (Wildman–Crippen MR) is 108 cm³/mol. The predicted octanol–water partition coefficient (Wildman–Crippen LogP) is 4.89. The molecule has 162 valence electrons. The van der Waals surface area contributed by atoms with Gasteiger partial charge in [-0.2, -0.15) is 13.2 Å². The Balaban J connectivity index is 2.08. The highest BCUT2D eigenvalue weighted by molar-refractivity contribution is 5.95. The van der Waals surface area contributed by atoms with E-state index in [1.807, 2.05) is 0 Å². The zero-order valence-electron chi connectivity index (χ0n) is 16.1. The number of carbonyl (C=O) groups is 1. The van der Waals surface area contributed by atoms with Gasteiger partial charge in [-0.05, 0) is 42.0 Å². The Hall–Kier alpha value is -3.56. The van der Waals surface area contributed by atoms with Crippen LogP contribution < -0.4 is 15.8 Å². The lowest BCUT2D eigenvalue weighted by Crippen LogP contribution is -2.08. The van der Waals surface area contributed by atoms with Gasteiger partial charge in [0.15, 0.2) is 5.75 Å². The van der Waals surface area contributed by atoms with E-state index in [1.54, 1.807) is 30.3 Å². The third kappa shape index (κ3) is 5.14. The molecule has 31 heavy (non-hydrogen) atoms. The number of carboxylic acids is 1. The van der Waals surface area contributed by atoms with E-state index in [4.69, 9.17) is 10.5 Å². The summed E-state index contributed by atoms with van der Waals surface area (Å²) < 4.78 is 45.6. The molecule has 0 spiro atoms. The van der Waals surface area contributed by atoms with Crippen molar-refractivity contribution in [3.63, 3.8) is 0 Å². The number of para-hydroxylation sites is 1. The summed E-state index contributed by atoms with van der Waals surface area (Å²) in [6.07, 6.45) is -4.61. The first kappa shape index (κ1) is 22.1. The highest BCUT2D eigenvalue weighted by Crippen LogP contribution is 2.39. The van der Waals surface area contributed by atoms with E-state index in [-0.39, 0.29) is 41.6 Å². The van der Waals surface area contributed by atoms with Gasteiger partial charge in [-0.1, -0.05) is 24.3 Å². The molecule has 0 atom stereocenters. The molecule has 0 amide bonds. The van der Waals surface area contributed by atoms with Gasteiger partial charge in [0, 0.05) is 12.1 Å². The quantitative estimate of drug-likeness (QED) is 0.424. The summed E-state index contributed by atoms with van der Waals surface area (Å²) in [5.74, 6) is -0.990. The molecule has 0 radical (unpaired) electrons. The van der Waals surface area contributed by atoms with Crippen molar-refractivity contribution >= 4 is 17.3 Å². The highest BCUT2D eigenvalue weighted by atomic mass is 19.4. The van der Waals surface area contributed by atoms with Gasteiger partial charge in [0.2, 0.25) is 0 Å². The maximum absolute atomic E-state index is 13.3. The third-order valence-electron chi connectivity index (χ3n) is 4.49. The maximum Gasteiger partial charge on any atom is 0.416 e. The molecule has 3 aromatic rings. The molecule has 0 aromatic heterocycles. The van der Waals surface area contributed by atoms with E-state index >= 15 is 0 Å². The Kier molecular flexibility index (Phi) is 6.47. The molecule has 0 aliphatic heterocycles. The molecule has 0 heterocycles. The smallest absolute Gasteiger partial charge is 0.416 e. The molecule has 0 aliphatic carbocycles. The number of carboxylic acid groups (broad SMARTS) is 1. The number of benzene rings is 3. The fourth-order valence-electron chi connectivity index (χ4n) is 2.89. The van der Waals surface area contributed by atoms with E-state index < -0.39 is 17.7 Å². The summed E-state index contributed by atoms with van der Waals surface area (Å²) in [7, 11) is 0. The molecule has 9 heteroatoms. The van der Waals surface area contributed by atoms with Crippen LogP contribution in [0.5, 0.6) is 11.5 Å². The lowest BCUT2D eigenvalue weighted by molar-refractivity contribution is -0.137. The van der Waals surface area contributed by atoms with Crippen LogP contribution in [-0.4, -0.2) is 16.2 Å². The normalized spacial score (nSPS) is 11.3. The molecule has 3 aromatic carbocycles. The number of nitrogens with one attached hydrogen (secondary N) is 1. The molecule has 0 aliphatic rings. The van der Waals surface area contributed by atoms with Crippen molar-refractivity contribution in [2.24, 2.45) is 5.73 Å². The van der Waals surface area contributed by atoms with Gasteiger partial charge in [-0.25, -0.2) is 4.79 Å². The summed E-state index contributed by atoms with van der Waals surface area (Å²) in [5.41, 5.74) is 5.43. The summed E-state index contributed by atoms with van der Waals surface area (Å²) in [4.78, 5) is 11.6. The average molecular weight is 432 g/mol. The Morgan fingerprint density at radius 1 is 1.00 bits per heavy atom. The fourth-order valence-corrected chi connectivity index (χ4v) is 2.89. The summed E-state index contributed by atoms with van der Waals surface area (Å²) in [5, 5.41) is 21.7. The van der Waals surface area contributed by atoms with Crippen molar-refractivity contribution in [1.82, 2.24) is 0 Å². The van der Waals surface area contributed by atoms with Gasteiger partial charge in [0.05, 0.1) is 29.1 Å². The number of hydrogen-bond acceptors (Lipinski definition) is 5. The van der Waals surface area contributed by atoms with Gasteiger partial charge in [0.25, 0.3) is 0 Å². The molecule has 0 fully saturated rings. The SMILES string of the molecule is NCc1ccc(Nc2cc(C(F)(F)F)ccc2Oc2ccccc2CO)c(C(=O)O)c1. The first-order valence-electron chi connectivity index (χ1n) is 9.14. The molecule has 0 unspecified atom stereocenters. The Morgan fingerprint density at radius 2 is 1.74 bits per heavy atom. The number of rotatable bonds is 7. The zero-order chi connectivity index (χ0) is 22.6. The van der Waals surface area contributed by atoms with Crippen LogP contribution in [0.2, 0.25) is 0 Å². The van der Waals surface area contributed by atoms with Crippen LogP contribution in [0.3, 0.4) is 0 Å². The van der Waals surface area contributed by atoms with Gasteiger partial charge in [0.1, 0.15) is 5.75 Å². The first-order valence-corrected chi connectivity index (χ1v) is 9.14. The largest absolute Gasteiger partial charge is 0.478 e. The second-order valence-electron chi connectivity index (χ2n) is 6.59. The van der Waals surface area contributed by atoms with E-state index in [0.717, 1.165) is 18.2 Å². The Morgan fingerprint density at radius 3 is 2.39 bits per heavy atom. The lowest BCUT2D eigenvalue weighted by Gasteiger charge is -2.18. The van der Waals surface area contributed by atoms with E-state index in [9.17, 15) is 28.2 Å². The van der Waals surface area contributed by atoms with Gasteiger partial charge >= 0.3 is 12.1 Å². The molecule has 0 saturated heterocycles. The minimum Gasteiger partial charge on any atom is -0.478 e. The Bertz CT molecular complexity index is 1100. The maximum atomic E-state index is 13.3. The van der Waals surface area contributed by atoms with E-state index in [1.165, 1.54) is 12.1 Å². The monoisotopic (exact) mass is 432 g/mol. The number of hydrogen-bond donors (Lipinski definition) is 4. The number of aliphatic hydroxyl groups excluding tert-OH is 1. The topological polar surface area (TPSA) is 105 Å². The van der Waals surface area contributed by atoms with Crippen LogP contribution >= 0.6 is 0 Å². The van der Waals surface area contributed by atoms with Crippen LogP contribution in [0.15, 0.2) is 60.7 Å². The Labute approximate surface area is 175 Å². The highest BCUT2D eigenvalue weighted by Gasteiger charge is 2.31. The number of aliphatic hydroxyl groups is 1. The molecule has 5 N–H and O–H groups in total. The number of alkyl halides is 3. The number of aromatic carboxylic acids is 1. The number of nitrogens with two attached hydrogens (primary N) is 1. The van der Waals surface area contributed by atoms with Crippen LogP contribution in [0.4, 0.5) is 24.5 Å². The minimum absolute atomic E-state index is 0.0214. The van der Waals surface area contributed by atoms with Crippen molar-refractivity contribution in [3.8, 4) is 11.5 Å². The van der Waals surface area contributed by atoms with E-state index in [0.29, 0.717) is 11.1 Å². The van der Waals surface area contributed by atoms with Crippen molar-refractivity contribution in [2.75, 3.05) is 5.32 Å². The number of halogens is 3. The summed E-state index contributed by atoms with van der Waals surface area (Å²) in [6.45, 7) is -0.223. The standard InChI is InChI=1S/C22H19F3N2O4/c23-22(24,25)15-6-8-20(31-19-4-2-1-3-14(19)12-28)18(10-15)27-17-7-5-13(11-26)9-16(17)21(29)30/h1-10,27-28H,11-12,26H2,(H,29,30). The van der Waals surface area contributed by atoms with Gasteiger partial charge in [-0.3, -0.25) is 0 Å². The average Bonchev–Trinajstić information content (AvgIpc) is 2.74. The van der Waals surface area contributed by atoms with Gasteiger partial charge in [-0.15, -0.1) is 0 Å². The number of anilines is 2. The second-order valence-corrected chi connectivity index (χ2v) is 6.59.